The average molecular weight is 319 g/mol. The lowest BCUT2D eigenvalue weighted by molar-refractivity contribution is -0.719. The Labute approximate surface area is 123 Å². The summed E-state index contributed by atoms with van der Waals surface area (Å²) in [5, 5.41) is 66.5. The highest BCUT2D eigenvalue weighted by Gasteiger charge is 2.81. The van der Waals surface area contributed by atoms with Crippen molar-refractivity contribution < 1.29 is 45.1 Å². The first-order valence-electron chi connectivity index (χ1n) is 6.81. The van der Waals surface area contributed by atoms with Crippen molar-refractivity contribution in [1.29, 1.82) is 0 Å². The molecule has 9 atom stereocenters. The highest BCUT2D eigenvalue weighted by molar-refractivity contribution is 5.74. The molecule has 3 saturated heterocycles. The van der Waals surface area contributed by atoms with Crippen LogP contribution < -0.4 is 21.1 Å². The molecule has 4 fully saturated rings. The summed E-state index contributed by atoms with van der Waals surface area (Å²) in [6.45, 7) is -0.871. The summed E-state index contributed by atoms with van der Waals surface area (Å²) in [6.07, 6.45) is -7.87. The van der Waals surface area contributed by atoms with E-state index >= 15 is 0 Å². The van der Waals surface area contributed by atoms with Crippen molar-refractivity contribution in [1.82, 2.24) is 5.32 Å². The first-order chi connectivity index (χ1) is 10.2. The minimum Gasteiger partial charge on any atom is -0.805 e. The van der Waals surface area contributed by atoms with Crippen LogP contribution in [0.5, 0.6) is 0 Å². The van der Waals surface area contributed by atoms with Crippen molar-refractivity contribution in [3.63, 3.8) is 0 Å². The normalized spacial score (nSPS) is 62.4. The molecule has 1 saturated carbocycles. The summed E-state index contributed by atoms with van der Waals surface area (Å²) in [5.41, 5.74) is 1.72. The van der Waals surface area contributed by atoms with Gasteiger partial charge >= 0.3 is 5.96 Å². The topological polar surface area (TPSA) is 195 Å². The van der Waals surface area contributed by atoms with E-state index in [2.05, 4.69) is 10.3 Å². The molecule has 4 aliphatic heterocycles. The minimum atomic E-state index is -2.75. The van der Waals surface area contributed by atoms with Gasteiger partial charge in [0.05, 0.1) is 12.5 Å². The summed E-state index contributed by atoms with van der Waals surface area (Å²) < 4.78 is 10.1. The fraction of sp³-hybridized carbons (Fsp3) is 0.909. The van der Waals surface area contributed by atoms with E-state index in [1.807, 2.05) is 0 Å². The number of nitrogens with two attached hydrogens (primary N) is 1. The van der Waals surface area contributed by atoms with Gasteiger partial charge in [0.25, 0.3) is 0 Å². The van der Waals surface area contributed by atoms with Crippen LogP contribution in [-0.2, 0) is 9.47 Å². The van der Waals surface area contributed by atoms with Gasteiger partial charge in [-0.3, -0.25) is 16.0 Å². The predicted molar refractivity (Wildman–Crippen MR) is 62.0 cm³/mol. The van der Waals surface area contributed by atoms with Gasteiger partial charge in [-0.2, -0.15) is 0 Å². The molecule has 4 bridgehead atoms. The molecule has 7 unspecified atom stereocenters. The first kappa shape index (κ1) is 14.5. The van der Waals surface area contributed by atoms with Crippen LogP contribution in [-0.4, -0.2) is 85.9 Å². The highest BCUT2D eigenvalue weighted by Crippen LogP contribution is 2.56. The number of rotatable bonds is 1. The van der Waals surface area contributed by atoms with Crippen LogP contribution in [0.1, 0.15) is 0 Å². The second-order valence-electron chi connectivity index (χ2n) is 6.26. The van der Waals surface area contributed by atoms with Gasteiger partial charge in [-0.1, -0.05) is 0 Å². The number of aliphatic hydroxyl groups excluding tert-OH is 4. The molecule has 0 aromatic rings. The van der Waals surface area contributed by atoms with E-state index < -0.39 is 60.3 Å². The van der Waals surface area contributed by atoms with Gasteiger partial charge in [-0.15, -0.1) is 0 Å². The minimum absolute atomic E-state index is 0.153. The van der Waals surface area contributed by atoms with Crippen molar-refractivity contribution >= 4 is 5.96 Å². The van der Waals surface area contributed by atoms with Gasteiger partial charge in [-0.05, 0) is 0 Å². The zero-order valence-electron chi connectivity index (χ0n) is 11.2. The number of guanidine groups is 1. The number of nitrogens with one attached hydrogen (secondary N) is 2. The summed E-state index contributed by atoms with van der Waals surface area (Å²) in [5.74, 6) is -4.07. The zero-order chi connectivity index (χ0) is 16.1. The molecule has 4 heterocycles. The van der Waals surface area contributed by atoms with E-state index in [1.165, 1.54) is 0 Å². The summed E-state index contributed by atoms with van der Waals surface area (Å²) in [4.78, 5) is 2.45. The van der Waals surface area contributed by atoms with Gasteiger partial charge in [0.15, 0.2) is 11.8 Å². The Hall–Kier alpha value is -1.05. The molecule has 0 radical (unpaired) electrons. The number of hydrogen-bond acceptors (Lipinski definition) is 10. The monoisotopic (exact) mass is 319 g/mol. The molecule has 11 heteroatoms. The Kier molecular flexibility index (Phi) is 2.57. The Morgan fingerprint density at radius 2 is 1.91 bits per heavy atom. The van der Waals surface area contributed by atoms with Crippen molar-refractivity contribution in [3.05, 3.63) is 0 Å². The van der Waals surface area contributed by atoms with Gasteiger partial charge in [0.2, 0.25) is 0 Å². The molecule has 1 spiro atoms. The smallest absolute Gasteiger partial charge is 0.343 e. The molecule has 1 aliphatic carbocycles. The standard InChI is InChI=1S/C11H16N3O8/c12-8-13-6(17)2-4-9(19,1-15)5-3(16)10(2,14-8)7(18)11(20,21-4)22-5/h2-7,15-19H,1H2,(H3,12,13,14)/q-1/p+1/t2?,3-,4?,5?,6?,7+,9?,10?,11?/m1/s1. The van der Waals surface area contributed by atoms with Crippen LogP contribution >= 0.6 is 0 Å². The predicted octanol–water partition coefficient (Wildman–Crippen LogP) is -8.07. The third-order valence-electron chi connectivity index (χ3n) is 5.26. The van der Waals surface area contributed by atoms with E-state index in [9.17, 15) is 30.6 Å². The lowest BCUT2D eigenvalue weighted by atomic mass is 9.55. The summed E-state index contributed by atoms with van der Waals surface area (Å²) >= 11 is 0. The molecular weight excluding hydrogens is 302 g/mol. The Morgan fingerprint density at radius 3 is 2.55 bits per heavy atom. The molecular formula is C11H17N3O8. The van der Waals surface area contributed by atoms with Crippen molar-refractivity contribution in [2.24, 2.45) is 11.7 Å². The van der Waals surface area contributed by atoms with Crippen LogP contribution in [0.4, 0.5) is 0 Å². The molecule has 0 amide bonds. The summed E-state index contributed by atoms with van der Waals surface area (Å²) in [7, 11) is 0. The Bertz CT molecular complexity index is 561. The van der Waals surface area contributed by atoms with Crippen LogP contribution in [0.2, 0.25) is 0 Å². The second kappa shape index (κ2) is 3.88. The SMILES string of the molecule is NC1=[NH+]C(O)C2C3OC4([O-])OC([C@@H](O)C2(N1)[C@@H]4O)C3(O)CO. The fourth-order valence-electron chi connectivity index (χ4n) is 4.28. The third kappa shape index (κ3) is 1.28. The van der Waals surface area contributed by atoms with Crippen molar-refractivity contribution in [3.8, 4) is 0 Å². The molecule has 0 aromatic heterocycles. The Morgan fingerprint density at radius 1 is 1.27 bits per heavy atom. The van der Waals surface area contributed by atoms with Crippen LogP contribution in [0.15, 0.2) is 0 Å². The molecule has 22 heavy (non-hydrogen) atoms. The molecule has 9 N–H and O–H groups in total. The molecule has 5 aliphatic rings. The quantitative estimate of drug-likeness (QED) is 0.230. The Balaban J connectivity index is 1.95. The zero-order valence-corrected chi connectivity index (χ0v) is 11.2. The molecule has 0 aromatic carbocycles. The lowest BCUT2D eigenvalue weighted by Gasteiger charge is -2.73. The van der Waals surface area contributed by atoms with Crippen molar-refractivity contribution in [2.45, 2.75) is 47.8 Å². The van der Waals surface area contributed by atoms with Crippen LogP contribution in [0.3, 0.4) is 0 Å². The average Bonchev–Trinajstić information content (AvgIpc) is 2.45. The van der Waals surface area contributed by atoms with Crippen LogP contribution in [0.25, 0.3) is 0 Å². The van der Waals surface area contributed by atoms with Crippen LogP contribution in [0, 0.1) is 5.92 Å². The number of hydrogen-bond donors (Lipinski definition) is 8. The van der Waals surface area contributed by atoms with E-state index in [0.29, 0.717) is 0 Å². The maximum Gasteiger partial charge on any atom is 0.343 e. The van der Waals surface area contributed by atoms with E-state index in [1.54, 1.807) is 0 Å². The van der Waals surface area contributed by atoms with E-state index in [0.717, 1.165) is 0 Å². The maximum atomic E-state index is 12.5. The first-order valence-corrected chi connectivity index (χ1v) is 6.81. The van der Waals surface area contributed by atoms with Gasteiger partial charge in [0, 0.05) is 0 Å². The fourth-order valence-corrected chi connectivity index (χ4v) is 4.28. The van der Waals surface area contributed by atoms with E-state index in [-0.39, 0.29) is 5.96 Å². The molecule has 124 valence electrons. The largest absolute Gasteiger partial charge is 0.805 e. The molecule has 11 nitrogen and oxygen atoms in total. The van der Waals surface area contributed by atoms with E-state index in [4.69, 9.17) is 15.2 Å². The number of aliphatic hydroxyl groups is 5. The van der Waals surface area contributed by atoms with Gasteiger partial charge in [-0.25, -0.2) is 0 Å². The second-order valence-corrected chi connectivity index (χ2v) is 6.26. The maximum absolute atomic E-state index is 12.5. The summed E-state index contributed by atoms with van der Waals surface area (Å²) in [6, 6.07) is 0. The number of ether oxygens (including phenoxy) is 2. The van der Waals surface area contributed by atoms with Crippen molar-refractivity contribution in [2.75, 3.05) is 6.61 Å². The molecule has 5 rings (SSSR count). The highest BCUT2D eigenvalue weighted by atomic mass is 16.9. The van der Waals surface area contributed by atoms with Gasteiger partial charge < -0.3 is 40.1 Å². The third-order valence-corrected chi connectivity index (χ3v) is 5.26. The lowest BCUT2D eigenvalue weighted by Crippen LogP contribution is -3.04. The van der Waals surface area contributed by atoms with Gasteiger partial charge in [0.1, 0.15) is 36.0 Å².